The van der Waals surface area contributed by atoms with Crippen LogP contribution in [0.3, 0.4) is 0 Å². The molecule has 0 aliphatic carbocycles. The standard InChI is InChI=1S/C22H27N3O5S/c1-16(24(2)14-17-5-10-20-21(13-17)30-15-29-20)22(26)23-18-6-8-19(9-7-18)31(27,28)25-11-3-4-12-25/h5-10,13,16H,3-4,11-12,14-15H2,1-2H3,(H,23,26)/t16-/m0/s1. The number of fused-ring (bicyclic) bond motifs is 1. The molecule has 2 heterocycles. The molecule has 1 atom stereocenters. The van der Waals surface area contributed by atoms with E-state index in [1.165, 1.54) is 4.31 Å². The van der Waals surface area contributed by atoms with Crippen LogP contribution in [0.2, 0.25) is 0 Å². The maximum atomic E-state index is 12.7. The molecule has 4 rings (SSSR count). The molecule has 1 N–H and O–H groups in total. The van der Waals surface area contributed by atoms with Crippen molar-refractivity contribution in [3.05, 3.63) is 48.0 Å². The minimum atomic E-state index is -3.46. The van der Waals surface area contributed by atoms with Gasteiger partial charge in [0, 0.05) is 25.3 Å². The summed E-state index contributed by atoms with van der Waals surface area (Å²) in [5.74, 6) is 1.28. The Labute approximate surface area is 182 Å². The molecule has 31 heavy (non-hydrogen) atoms. The van der Waals surface area contributed by atoms with Crippen molar-refractivity contribution in [1.82, 2.24) is 9.21 Å². The van der Waals surface area contributed by atoms with Crippen LogP contribution in [0.5, 0.6) is 11.5 Å². The van der Waals surface area contributed by atoms with Crippen LogP contribution >= 0.6 is 0 Å². The summed E-state index contributed by atoms with van der Waals surface area (Å²) in [6.07, 6.45) is 1.79. The Morgan fingerprint density at radius 2 is 1.77 bits per heavy atom. The Hall–Kier alpha value is -2.62. The fourth-order valence-electron chi connectivity index (χ4n) is 3.70. The molecule has 2 aromatic carbocycles. The molecule has 0 unspecified atom stereocenters. The lowest BCUT2D eigenvalue weighted by Crippen LogP contribution is -2.39. The van der Waals surface area contributed by atoms with Gasteiger partial charge in [-0.3, -0.25) is 9.69 Å². The van der Waals surface area contributed by atoms with Gasteiger partial charge < -0.3 is 14.8 Å². The Morgan fingerprint density at radius 1 is 1.10 bits per heavy atom. The second-order valence-electron chi connectivity index (χ2n) is 7.90. The van der Waals surface area contributed by atoms with Gasteiger partial charge in [-0.05, 0) is 68.8 Å². The molecule has 0 radical (unpaired) electrons. The molecular formula is C22H27N3O5S. The summed E-state index contributed by atoms with van der Waals surface area (Å²) in [5.41, 5.74) is 1.58. The van der Waals surface area contributed by atoms with Crippen molar-refractivity contribution in [2.45, 2.75) is 37.2 Å². The number of rotatable bonds is 7. The van der Waals surface area contributed by atoms with E-state index in [0.29, 0.717) is 31.1 Å². The molecule has 1 saturated heterocycles. The lowest BCUT2D eigenvalue weighted by atomic mass is 10.1. The molecule has 2 aliphatic heterocycles. The van der Waals surface area contributed by atoms with E-state index < -0.39 is 16.1 Å². The van der Waals surface area contributed by atoms with E-state index in [0.717, 1.165) is 24.2 Å². The van der Waals surface area contributed by atoms with E-state index in [9.17, 15) is 13.2 Å². The maximum absolute atomic E-state index is 12.7. The fraction of sp³-hybridized carbons (Fsp3) is 0.409. The normalized spacial score (nSPS) is 17.1. The lowest BCUT2D eigenvalue weighted by molar-refractivity contribution is -0.120. The van der Waals surface area contributed by atoms with Gasteiger partial charge in [0.25, 0.3) is 0 Å². The summed E-state index contributed by atoms with van der Waals surface area (Å²) in [4.78, 5) is 14.9. The van der Waals surface area contributed by atoms with Crippen LogP contribution in [0.15, 0.2) is 47.4 Å². The van der Waals surface area contributed by atoms with Gasteiger partial charge >= 0.3 is 0 Å². The highest BCUT2D eigenvalue weighted by molar-refractivity contribution is 7.89. The molecule has 1 fully saturated rings. The molecule has 2 aliphatic rings. The third kappa shape index (κ3) is 4.68. The number of hydrogen-bond donors (Lipinski definition) is 1. The highest BCUT2D eigenvalue weighted by Gasteiger charge is 2.27. The van der Waals surface area contributed by atoms with Crippen LogP contribution in [0.4, 0.5) is 5.69 Å². The largest absolute Gasteiger partial charge is 0.454 e. The van der Waals surface area contributed by atoms with Crippen molar-refractivity contribution in [3.8, 4) is 11.5 Å². The number of ether oxygens (including phenoxy) is 2. The van der Waals surface area contributed by atoms with E-state index in [-0.39, 0.29) is 17.6 Å². The van der Waals surface area contributed by atoms with Crippen molar-refractivity contribution < 1.29 is 22.7 Å². The first-order chi connectivity index (χ1) is 14.8. The van der Waals surface area contributed by atoms with Crippen molar-refractivity contribution in [2.75, 3.05) is 32.2 Å². The number of amides is 1. The zero-order valence-electron chi connectivity index (χ0n) is 17.7. The second kappa shape index (κ2) is 8.86. The monoisotopic (exact) mass is 445 g/mol. The molecule has 0 bridgehead atoms. The van der Waals surface area contributed by atoms with Gasteiger partial charge in [-0.2, -0.15) is 4.31 Å². The van der Waals surface area contributed by atoms with Gasteiger partial charge in [-0.15, -0.1) is 0 Å². The third-order valence-corrected chi connectivity index (χ3v) is 7.65. The third-order valence-electron chi connectivity index (χ3n) is 5.73. The SMILES string of the molecule is C[C@@H](C(=O)Nc1ccc(S(=O)(=O)N2CCCC2)cc1)N(C)Cc1ccc2c(c1)OCO2. The summed E-state index contributed by atoms with van der Waals surface area (Å²) in [6, 6.07) is 11.7. The number of nitrogens with one attached hydrogen (secondary N) is 1. The average Bonchev–Trinajstić information content (AvgIpc) is 3.45. The Balaban J connectivity index is 1.36. The van der Waals surface area contributed by atoms with Gasteiger partial charge in [0.15, 0.2) is 11.5 Å². The van der Waals surface area contributed by atoms with E-state index in [2.05, 4.69) is 5.32 Å². The van der Waals surface area contributed by atoms with E-state index in [4.69, 9.17) is 9.47 Å². The van der Waals surface area contributed by atoms with Gasteiger partial charge in [-0.25, -0.2) is 8.42 Å². The fourth-order valence-corrected chi connectivity index (χ4v) is 5.22. The molecule has 166 valence electrons. The number of benzene rings is 2. The van der Waals surface area contributed by atoms with Gasteiger partial charge in [0.1, 0.15) is 0 Å². The van der Waals surface area contributed by atoms with Crippen molar-refractivity contribution in [2.24, 2.45) is 0 Å². The molecule has 2 aromatic rings. The van der Waals surface area contributed by atoms with Crippen molar-refractivity contribution in [1.29, 1.82) is 0 Å². The second-order valence-corrected chi connectivity index (χ2v) is 9.84. The molecule has 0 spiro atoms. The molecule has 8 nitrogen and oxygen atoms in total. The predicted molar refractivity (Wildman–Crippen MR) is 117 cm³/mol. The number of hydrogen-bond acceptors (Lipinski definition) is 6. The summed E-state index contributed by atoms with van der Waals surface area (Å²) >= 11 is 0. The van der Waals surface area contributed by atoms with Gasteiger partial charge in [0.2, 0.25) is 22.7 Å². The summed E-state index contributed by atoms with van der Waals surface area (Å²) in [6.45, 7) is 3.75. The minimum absolute atomic E-state index is 0.168. The molecular weight excluding hydrogens is 418 g/mol. The summed E-state index contributed by atoms with van der Waals surface area (Å²) in [7, 11) is -1.58. The molecule has 0 saturated carbocycles. The van der Waals surface area contributed by atoms with Crippen LogP contribution in [0, 0.1) is 0 Å². The number of anilines is 1. The number of carbonyl (C=O) groups excluding carboxylic acids is 1. The zero-order valence-corrected chi connectivity index (χ0v) is 18.5. The Morgan fingerprint density at radius 3 is 2.48 bits per heavy atom. The average molecular weight is 446 g/mol. The number of likely N-dealkylation sites (N-methyl/N-ethyl adjacent to an activating group) is 1. The lowest BCUT2D eigenvalue weighted by Gasteiger charge is -2.24. The van der Waals surface area contributed by atoms with E-state index in [1.54, 1.807) is 24.3 Å². The topological polar surface area (TPSA) is 88.2 Å². The summed E-state index contributed by atoms with van der Waals surface area (Å²) in [5, 5.41) is 2.86. The molecule has 9 heteroatoms. The van der Waals surface area contributed by atoms with E-state index in [1.807, 2.05) is 37.1 Å². The van der Waals surface area contributed by atoms with Gasteiger partial charge in [-0.1, -0.05) is 6.07 Å². The maximum Gasteiger partial charge on any atom is 0.243 e. The summed E-state index contributed by atoms with van der Waals surface area (Å²) < 4.78 is 37.5. The van der Waals surface area contributed by atoms with Crippen molar-refractivity contribution >= 4 is 21.6 Å². The van der Waals surface area contributed by atoms with E-state index >= 15 is 0 Å². The zero-order chi connectivity index (χ0) is 22.0. The number of carbonyl (C=O) groups is 1. The Bertz CT molecular complexity index is 1050. The predicted octanol–water partition coefficient (Wildman–Crippen LogP) is 2.66. The first kappa shape index (κ1) is 21.6. The highest BCUT2D eigenvalue weighted by Crippen LogP contribution is 2.32. The van der Waals surface area contributed by atoms with Gasteiger partial charge in [0.05, 0.1) is 10.9 Å². The first-order valence-corrected chi connectivity index (χ1v) is 11.8. The molecule has 0 aromatic heterocycles. The Kier molecular flexibility index (Phi) is 6.17. The quantitative estimate of drug-likeness (QED) is 0.705. The van der Waals surface area contributed by atoms with Crippen LogP contribution in [-0.4, -0.2) is 56.5 Å². The highest BCUT2D eigenvalue weighted by atomic mass is 32.2. The van der Waals surface area contributed by atoms with Crippen LogP contribution < -0.4 is 14.8 Å². The van der Waals surface area contributed by atoms with Crippen LogP contribution in [-0.2, 0) is 21.4 Å². The first-order valence-electron chi connectivity index (χ1n) is 10.3. The minimum Gasteiger partial charge on any atom is -0.454 e. The van der Waals surface area contributed by atoms with Crippen LogP contribution in [0.25, 0.3) is 0 Å². The smallest absolute Gasteiger partial charge is 0.243 e. The van der Waals surface area contributed by atoms with Crippen molar-refractivity contribution in [3.63, 3.8) is 0 Å². The molecule has 1 amide bonds. The van der Waals surface area contributed by atoms with Crippen LogP contribution in [0.1, 0.15) is 25.3 Å². The number of nitrogens with zero attached hydrogens (tertiary/aromatic N) is 2. The number of sulfonamides is 1.